The Balaban J connectivity index is 1.76. The highest BCUT2D eigenvalue weighted by Crippen LogP contribution is 2.02. The zero-order valence-electron chi connectivity index (χ0n) is 12.8. The molecule has 23 heavy (non-hydrogen) atoms. The Bertz CT molecular complexity index is 641. The van der Waals surface area contributed by atoms with Gasteiger partial charge in [-0.05, 0) is 17.7 Å². The number of hydrogen-bond acceptors (Lipinski definition) is 5. The first-order valence-corrected chi connectivity index (χ1v) is 7.10. The lowest BCUT2D eigenvalue weighted by Gasteiger charge is -2.07. The van der Waals surface area contributed by atoms with Gasteiger partial charge >= 0.3 is 5.97 Å². The van der Waals surface area contributed by atoms with E-state index in [-0.39, 0.29) is 19.1 Å². The number of nitrogens with zero attached hydrogens (tertiary/aromatic N) is 1. The Hall–Kier alpha value is -2.73. The lowest BCUT2D eigenvalue weighted by Crippen LogP contribution is -2.30. The Morgan fingerprint density at radius 1 is 1.09 bits per heavy atom. The van der Waals surface area contributed by atoms with Crippen molar-refractivity contribution in [1.82, 2.24) is 10.3 Å². The first kappa shape index (κ1) is 16.6. The molecule has 0 saturated heterocycles. The van der Waals surface area contributed by atoms with E-state index in [0.717, 1.165) is 11.3 Å². The van der Waals surface area contributed by atoms with Crippen LogP contribution >= 0.6 is 0 Å². The molecule has 2 aromatic rings. The van der Waals surface area contributed by atoms with Gasteiger partial charge in [0.15, 0.2) is 0 Å². The third-order valence-electron chi connectivity index (χ3n) is 3.02. The molecule has 6 heteroatoms. The second kappa shape index (κ2) is 8.65. The average Bonchev–Trinajstić information content (AvgIpc) is 2.59. The van der Waals surface area contributed by atoms with Gasteiger partial charge in [0.2, 0.25) is 0 Å². The number of pyridine rings is 1. The molecule has 1 N–H and O–H groups in total. The summed E-state index contributed by atoms with van der Waals surface area (Å²) >= 11 is 0. The number of aromatic nitrogens is 1. The Kier molecular flexibility index (Phi) is 6.26. The fourth-order valence-corrected chi connectivity index (χ4v) is 1.84. The maximum Gasteiger partial charge on any atom is 0.325 e. The molecule has 1 aromatic carbocycles. The number of carbonyl (C=O) groups excluding carboxylic acids is 2. The molecule has 6 nitrogen and oxygen atoms in total. The summed E-state index contributed by atoms with van der Waals surface area (Å²) in [6, 6.07) is 12.7. The van der Waals surface area contributed by atoms with E-state index in [2.05, 4.69) is 10.3 Å². The normalized spacial score (nSPS) is 10.1. The smallest absolute Gasteiger partial charge is 0.325 e. The molecule has 120 valence electrons. The van der Waals surface area contributed by atoms with Gasteiger partial charge in [0.25, 0.3) is 5.91 Å². The van der Waals surface area contributed by atoms with Crippen molar-refractivity contribution in [3.63, 3.8) is 0 Å². The van der Waals surface area contributed by atoms with Gasteiger partial charge in [-0.1, -0.05) is 30.3 Å². The van der Waals surface area contributed by atoms with Crippen LogP contribution in [-0.4, -0.2) is 30.5 Å². The molecule has 0 aliphatic rings. The van der Waals surface area contributed by atoms with Gasteiger partial charge in [0.05, 0.1) is 17.9 Å². The molecule has 0 bridgehead atoms. The minimum Gasteiger partial charge on any atom is -0.460 e. The van der Waals surface area contributed by atoms with Crippen molar-refractivity contribution in [3.8, 4) is 0 Å². The molecule has 2 rings (SSSR count). The number of hydrogen-bond donors (Lipinski definition) is 1. The number of ether oxygens (including phenoxy) is 2. The van der Waals surface area contributed by atoms with Gasteiger partial charge in [0, 0.05) is 13.3 Å². The highest BCUT2D eigenvalue weighted by molar-refractivity contribution is 5.95. The van der Waals surface area contributed by atoms with Crippen molar-refractivity contribution >= 4 is 11.9 Å². The van der Waals surface area contributed by atoms with Crippen molar-refractivity contribution in [2.24, 2.45) is 0 Å². The van der Waals surface area contributed by atoms with Crippen molar-refractivity contribution in [3.05, 3.63) is 65.5 Å². The minimum atomic E-state index is -0.494. The molecular formula is C17H18N2O4. The maximum atomic E-state index is 11.9. The third kappa shape index (κ3) is 5.52. The van der Waals surface area contributed by atoms with Crippen LogP contribution in [0.4, 0.5) is 0 Å². The lowest BCUT2D eigenvalue weighted by atomic mass is 10.2. The van der Waals surface area contributed by atoms with Crippen molar-refractivity contribution in [1.29, 1.82) is 0 Å². The van der Waals surface area contributed by atoms with Crippen LogP contribution < -0.4 is 5.32 Å². The van der Waals surface area contributed by atoms with Gasteiger partial charge < -0.3 is 14.8 Å². The molecular weight excluding hydrogens is 296 g/mol. The van der Waals surface area contributed by atoms with E-state index in [1.807, 2.05) is 30.3 Å². The van der Waals surface area contributed by atoms with E-state index in [0.29, 0.717) is 12.2 Å². The monoisotopic (exact) mass is 314 g/mol. The summed E-state index contributed by atoms with van der Waals surface area (Å²) < 4.78 is 10.0. The van der Waals surface area contributed by atoms with E-state index in [1.54, 1.807) is 19.2 Å². The third-order valence-corrected chi connectivity index (χ3v) is 3.02. The molecule has 0 aliphatic carbocycles. The van der Waals surface area contributed by atoms with Gasteiger partial charge in [-0.2, -0.15) is 0 Å². The van der Waals surface area contributed by atoms with Crippen LogP contribution in [0.3, 0.4) is 0 Å². The predicted molar refractivity (Wildman–Crippen MR) is 83.5 cm³/mol. The van der Waals surface area contributed by atoms with Crippen molar-refractivity contribution in [2.75, 3.05) is 13.7 Å². The number of benzene rings is 1. The number of esters is 1. The van der Waals surface area contributed by atoms with Gasteiger partial charge in [-0.3, -0.25) is 14.6 Å². The fourth-order valence-electron chi connectivity index (χ4n) is 1.84. The molecule has 0 fully saturated rings. The number of nitrogens with one attached hydrogen (secondary N) is 1. The number of rotatable bonds is 7. The Labute approximate surface area is 134 Å². The van der Waals surface area contributed by atoms with Crippen LogP contribution in [0.15, 0.2) is 48.7 Å². The quantitative estimate of drug-likeness (QED) is 0.787. The minimum absolute atomic E-state index is 0.183. The summed E-state index contributed by atoms with van der Waals surface area (Å²) in [5.74, 6) is -0.871. The second-order valence-corrected chi connectivity index (χ2v) is 4.80. The van der Waals surface area contributed by atoms with E-state index in [9.17, 15) is 9.59 Å². The highest BCUT2D eigenvalue weighted by Gasteiger charge is 2.09. The van der Waals surface area contributed by atoms with Crippen LogP contribution in [0.1, 0.15) is 21.6 Å². The standard InChI is InChI=1S/C17H18N2O4/c1-22-12-15-8-7-14(9-18-15)17(21)19-10-16(20)23-11-13-5-3-2-4-6-13/h2-9H,10-12H2,1H3,(H,19,21). The summed E-state index contributed by atoms with van der Waals surface area (Å²) in [4.78, 5) is 27.6. The molecule has 0 atom stereocenters. The molecule has 1 aromatic heterocycles. The molecule has 0 saturated carbocycles. The van der Waals surface area contributed by atoms with Gasteiger partial charge in [-0.25, -0.2) is 0 Å². The van der Waals surface area contributed by atoms with Crippen molar-refractivity contribution in [2.45, 2.75) is 13.2 Å². The van der Waals surface area contributed by atoms with Crippen LogP contribution in [0.5, 0.6) is 0 Å². The van der Waals surface area contributed by atoms with E-state index < -0.39 is 5.97 Å². The van der Waals surface area contributed by atoms with E-state index in [4.69, 9.17) is 9.47 Å². The van der Waals surface area contributed by atoms with Gasteiger partial charge in [0.1, 0.15) is 13.2 Å². The number of carbonyl (C=O) groups is 2. The van der Waals surface area contributed by atoms with Crippen LogP contribution in [0, 0.1) is 0 Å². The van der Waals surface area contributed by atoms with E-state index in [1.165, 1.54) is 6.20 Å². The fraction of sp³-hybridized carbons (Fsp3) is 0.235. The molecule has 0 unspecified atom stereocenters. The number of methoxy groups -OCH3 is 1. The largest absolute Gasteiger partial charge is 0.460 e. The zero-order valence-corrected chi connectivity index (χ0v) is 12.8. The molecule has 0 spiro atoms. The van der Waals surface area contributed by atoms with Crippen LogP contribution in [0.2, 0.25) is 0 Å². The molecule has 0 radical (unpaired) electrons. The van der Waals surface area contributed by atoms with Gasteiger partial charge in [-0.15, -0.1) is 0 Å². The summed E-state index contributed by atoms with van der Waals surface area (Å²) in [6.45, 7) is 0.377. The average molecular weight is 314 g/mol. The highest BCUT2D eigenvalue weighted by atomic mass is 16.5. The second-order valence-electron chi connectivity index (χ2n) is 4.80. The lowest BCUT2D eigenvalue weighted by molar-refractivity contribution is -0.143. The first-order chi connectivity index (χ1) is 11.2. The summed E-state index contributed by atoms with van der Waals surface area (Å²) in [5, 5.41) is 2.50. The topological polar surface area (TPSA) is 77.5 Å². The van der Waals surface area contributed by atoms with Crippen LogP contribution in [-0.2, 0) is 27.5 Å². The SMILES string of the molecule is COCc1ccc(C(=O)NCC(=O)OCc2ccccc2)cn1. The summed E-state index contributed by atoms with van der Waals surface area (Å²) in [6.07, 6.45) is 1.44. The van der Waals surface area contributed by atoms with Crippen LogP contribution in [0.25, 0.3) is 0 Å². The Morgan fingerprint density at radius 2 is 1.87 bits per heavy atom. The van der Waals surface area contributed by atoms with E-state index >= 15 is 0 Å². The Morgan fingerprint density at radius 3 is 2.52 bits per heavy atom. The first-order valence-electron chi connectivity index (χ1n) is 7.10. The zero-order chi connectivity index (χ0) is 16.5. The summed E-state index contributed by atoms with van der Waals surface area (Å²) in [5.41, 5.74) is 2.00. The number of amides is 1. The molecule has 0 aliphatic heterocycles. The predicted octanol–water partition coefficient (Wildman–Crippen LogP) is 1.70. The summed E-state index contributed by atoms with van der Waals surface area (Å²) in [7, 11) is 1.57. The van der Waals surface area contributed by atoms with Crippen molar-refractivity contribution < 1.29 is 19.1 Å². The molecule has 1 heterocycles. The molecule has 1 amide bonds. The maximum absolute atomic E-state index is 11.9.